The summed E-state index contributed by atoms with van der Waals surface area (Å²) in [4.78, 5) is 41.6. The third kappa shape index (κ3) is 3.66. The molecule has 2 amide bonds. The predicted octanol–water partition coefficient (Wildman–Crippen LogP) is 5.00. The molecule has 4 aromatic rings. The van der Waals surface area contributed by atoms with Crippen LogP contribution in [0.15, 0.2) is 109 Å². The van der Waals surface area contributed by atoms with Crippen molar-refractivity contribution in [3.05, 3.63) is 143 Å². The van der Waals surface area contributed by atoms with Gasteiger partial charge < -0.3 is 5.11 Å². The smallest absolute Gasteiger partial charge is 0.280 e. The van der Waals surface area contributed by atoms with E-state index in [1.807, 2.05) is 48.5 Å². The molecule has 6 nitrogen and oxygen atoms in total. The van der Waals surface area contributed by atoms with E-state index in [0.29, 0.717) is 28.0 Å². The summed E-state index contributed by atoms with van der Waals surface area (Å²) in [5, 5.41) is 14.2. The molecule has 0 bridgehead atoms. The predicted molar refractivity (Wildman–Crippen MR) is 139 cm³/mol. The normalized spacial score (nSPS) is 18.7. The van der Waals surface area contributed by atoms with E-state index in [9.17, 15) is 19.5 Å². The molecular weight excluding hydrogens is 464 g/mol. The lowest BCUT2D eigenvalue weighted by molar-refractivity contribution is -0.0135. The fourth-order valence-electron chi connectivity index (χ4n) is 5.04. The number of aliphatic hydroxyl groups excluding tert-OH is 1. The van der Waals surface area contributed by atoms with E-state index in [-0.39, 0.29) is 11.1 Å². The molecule has 0 aliphatic carbocycles. The summed E-state index contributed by atoms with van der Waals surface area (Å²) >= 11 is 0. The summed E-state index contributed by atoms with van der Waals surface area (Å²) in [5.74, 6) is -1.51. The number of carbonyl (C=O) groups is 3. The minimum atomic E-state index is -1.33. The molecule has 0 fully saturated rings. The Morgan fingerprint density at radius 3 is 1.86 bits per heavy atom. The second-order valence-electron chi connectivity index (χ2n) is 8.96. The number of Topliss-reactive ketones (excluding diaryl/α,β-unsaturated/α-hetero) is 1. The topological polar surface area (TPSA) is 77.9 Å². The van der Waals surface area contributed by atoms with Crippen LogP contribution < -0.4 is 0 Å². The zero-order chi connectivity index (χ0) is 25.5. The SMILES string of the molecule is O=C(c1ccccc1)[C@@H]1[C@@H](O)c2ccccc2C=C(c2ccccc2)N1N1C(=O)c2ccccc2C1=O. The highest BCUT2D eigenvalue weighted by Crippen LogP contribution is 2.41. The number of carbonyl (C=O) groups excluding carboxylic acids is 3. The molecule has 2 aliphatic rings. The molecule has 0 aromatic heterocycles. The maximum Gasteiger partial charge on any atom is 0.280 e. The Morgan fingerprint density at radius 1 is 0.676 bits per heavy atom. The van der Waals surface area contributed by atoms with Crippen molar-refractivity contribution < 1.29 is 19.5 Å². The highest BCUT2D eigenvalue weighted by Gasteiger charge is 2.48. The van der Waals surface area contributed by atoms with Crippen molar-refractivity contribution >= 4 is 29.4 Å². The maximum atomic E-state index is 14.1. The number of imide groups is 1. The first-order valence-electron chi connectivity index (χ1n) is 12.0. The highest BCUT2D eigenvalue weighted by molar-refractivity contribution is 6.21. The quantitative estimate of drug-likeness (QED) is 0.325. The van der Waals surface area contributed by atoms with Gasteiger partial charge in [-0.1, -0.05) is 97.1 Å². The number of hydrogen-bond donors (Lipinski definition) is 1. The molecule has 180 valence electrons. The van der Waals surface area contributed by atoms with Crippen LogP contribution in [0.5, 0.6) is 0 Å². The van der Waals surface area contributed by atoms with E-state index in [2.05, 4.69) is 0 Å². The summed E-state index contributed by atoms with van der Waals surface area (Å²) in [6.45, 7) is 0. The number of hydrogen-bond acceptors (Lipinski definition) is 5. The first-order valence-corrected chi connectivity index (χ1v) is 12.0. The monoisotopic (exact) mass is 486 g/mol. The van der Waals surface area contributed by atoms with Gasteiger partial charge in [0.15, 0.2) is 5.78 Å². The van der Waals surface area contributed by atoms with Crippen molar-refractivity contribution in [2.45, 2.75) is 12.1 Å². The first kappa shape index (κ1) is 22.6. The molecule has 6 heteroatoms. The molecule has 2 heterocycles. The Balaban J connectivity index is 1.62. The lowest BCUT2D eigenvalue weighted by Crippen LogP contribution is -2.55. The molecule has 6 rings (SSSR count). The highest BCUT2D eigenvalue weighted by atomic mass is 16.3. The largest absolute Gasteiger partial charge is 0.386 e. The van der Waals surface area contributed by atoms with Gasteiger partial charge in [-0.2, -0.15) is 5.01 Å². The van der Waals surface area contributed by atoms with Gasteiger partial charge in [0.1, 0.15) is 12.1 Å². The van der Waals surface area contributed by atoms with Gasteiger partial charge in [-0.3, -0.25) is 19.4 Å². The standard InChI is InChI=1S/C31H22N2O4/c34-28(21-13-5-2-6-14-21)27-29(35)23-16-8-7-15-22(23)19-26(20-11-3-1-4-12-20)32(27)33-30(36)24-17-9-10-18-25(24)31(33)37/h1-19,27,29,35H/t27-,29+/m1/s1. The van der Waals surface area contributed by atoms with E-state index in [4.69, 9.17) is 0 Å². The van der Waals surface area contributed by atoms with Gasteiger partial charge in [0.05, 0.1) is 16.8 Å². The van der Waals surface area contributed by atoms with Crippen LogP contribution >= 0.6 is 0 Å². The first-order chi connectivity index (χ1) is 18.1. The fourth-order valence-corrected chi connectivity index (χ4v) is 5.04. The molecule has 1 N–H and O–H groups in total. The van der Waals surface area contributed by atoms with Crippen molar-refractivity contribution in [2.24, 2.45) is 0 Å². The molecule has 0 saturated heterocycles. The molecule has 0 unspecified atom stereocenters. The second kappa shape index (κ2) is 9.00. The minimum Gasteiger partial charge on any atom is -0.386 e. The molecule has 0 spiro atoms. The van der Waals surface area contributed by atoms with Crippen molar-refractivity contribution in [1.82, 2.24) is 10.0 Å². The number of nitrogens with zero attached hydrogens (tertiary/aromatic N) is 2. The lowest BCUT2D eigenvalue weighted by Gasteiger charge is -2.40. The van der Waals surface area contributed by atoms with Gasteiger partial charge in [0, 0.05) is 5.56 Å². The lowest BCUT2D eigenvalue weighted by atomic mass is 9.93. The Labute approximate surface area is 213 Å². The number of rotatable bonds is 4. The molecule has 0 radical (unpaired) electrons. The van der Waals surface area contributed by atoms with Crippen LogP contribution in [0.3, 0.4) is 0 Å². The number of aliphatic hydroxyl groups is 1. The van der Waals surface area contributed by atoms with Crippen molar-refractivity contribution in [3.8, 4) is 0 Å². The van der Waals surface area contributed by atoms with Crippen molar-refractivity contribution in [3.63, 3.8) is 0 Å². The van der Waals surface area contributed by atoms with E-state index in [1.165, 1.54) is 5.01 Å². The zero-order valence-corrected chi connectivity index (χ0v) is 19.7. The number of ketones is 1. The minimum absolute atomic E-state index is 0.252. The Hall–Kier alpha value is -4.81. The van der Waals surface area contributed by atoms with Gasteiger partial charge in [-0.15, -0.1) is 0 Å². The maximum absolute atomic E-state index is 14.1. The van der Waals surface area contributed by atoms with Gasteiger partial charge in [-0.05, 0) is 34.9 Å². The number of fused-ring (bicyclic) bond motifs is 2. The molecule has 37 heavy (non-hydrogen) atoms. The number of amides is 2. The van der Waals surface area contributed by atoms with Gasteiger partial charge in [0.25, 0.3) is 11.8 Å². The Morgan fingerprint density at radius 2 is 1.22 bits per heavy atom. The fraction of sp³-hybridized carbons (Fsp3) is 0.0645. The second-order valence-corrected chi connectivity index (χ2v) is 8.96. The Kier molecular flexibility index (Phi) is 5.51. The van der Waals surface area contributed by atoms with E-state index < -0.39 is 29.7 Å². The third-order valence-corrected chi connectivity index (χ3v) is 6.80. The van der Waals surface area contributed by atoms with Crippen LogP contribution in [0.1, 0.15) is 53.9 Å². The van der Waals surface area contributed by atoms with E-state index in [0.717, 1.165) is 5.01 Å². The van der Waals surface area contributed by atoms with Crippen LogP contribution in [-0.2, 0) is 0 Å². The van der Waals surface area contributed by atoms with Crippen LogP contribution in [-0.4, -0.2) is 38.8 Å². The molecular formula is C31H22N2O4. The third-order valence-electron chi connectivity index (χ3n) is 6.80. The summed E-state index contributed by atoms with van der Waals surface area (Å²) in [7, 11) is 0. The Bertz CT molecular complexity index is 1530. The molecule has 2 aliphatic heterocycles. The van der Waals surface area contributed by atoms with Gasteiger partial charge >= 0.3 is 0 Å². The van der Waals surface area contributed by atoms with Gasteiger partial charge in [0.2, 0.25) is 0 Å². The van der Waals surface area contributed by atoms with Crippen molar-refractivity contribution in [1.29, 1.82) is 0 Å². The molecule has 0 saturated carbocycles. The summed E-state index contributed by atoms with van der Waals surface area (Å²) in [5.41, 5.74) is 3.23. The van der Waals surface area contributed by atoms with Crippen LogP contribution in [0.4, 0.5) is 0 Å². The number of hydrazine groups is 1. The van der Waals surface area contributed by atoms with E-state index in [1.54, 1.807) is 66.7 Å². The van der Waals surface area contributed by atoms with Crippen molar-refractivity contribution in [2.75, 3.05) is 0 Å². The van der Waals surface area contributed by atoms with Crippen LogP contribution in [0, 0.1) is 0 Å². The van der Waals surface area contributed by atoms with Crippen LogP contribution in [0.2, 0.25) is 0 Å². The summed E-state index contributed by atoms with van der Waals surface area (Å²) in [6, 6.07) is 30.4. The average Bonchev–Trinajstić information content (AvgIpc) is 3.12. The van der Waals surface area contributed by atoms with E-state index >= 15 is 0 Å². The summed E-state index contributed by atoms with van der Waals surface area (Å²) < 4.78 is 0. The molecule has 4 aromatic carbocycles. The zero-order valence-electron chi connectivity index (χ0n) is 19.7. The summed E-state index contributed by atoms with van der Waals surface area (Å²) in [6.07, 6.45) is 0.487. The van der Waals surface area contributed by atoms with Crippen LogP contribution in [0.25, 0.3) is 11.8 Å². The number of benzene rings is 4. The van der Waals surface area contributed by atoms with Gasteiger partial charge in [-0.25, -0.2) is 0 Å². The molecule has 2 atom stereocenters. The average molecular weight is 487 g/mol.